The number of hydrogen-bond acceptors (Lipinski definition) is 6. The Morgan fingerprint density at radius 1 is 1.12 bits per heavy atom. The van der Waals surface area contributed by atoms with Crippen LogP contribution in [0.25, 0.3) is 11.2 Å². The summed E-state index contributed by atoms with van der Waals surface area (Å²) < 4.78 is 58.0. The summed E-state index contributed by atoms with van der Waals surface area (Å²) in [6.45, 7) is 6.02. The number of alkyl halides is 3. The second-order valence-electron chi connectivity index (χ2n) is 9.86. The van der Waals surface area contributed by atoms with Gasteiger partial charge in [0.25, 0.3) is 5.91 Å². The van der Waals surface area contributed by atoms with Gasteiger partial charge in [-0.05, 0) is 75.7 Å². The zero-order valence-corrected chi connectivity index (χ0v) is 22.1. The van der Waals surface area contributed by atoms with Crippen molar-refractivity contribution < 1.29 is 22.4 Å². The van der Waals surface area contributed by atoms with Crippen LogP contribution in [0.4, 0.5) is 29.1 Å². The molecule has 2 N–H and O–H groups in total. The predicted molar refractivity (Wildman–Crippen MR) is 143 cm³/mol. The third-order valence-electron chi connectivity index (χ3n) is 6.95. The fourth-order valence-electron chi connectivity index (χ4n) is 4.83. The number of nitrogens with zero attached hydrogens (tertiary/aromatic N) is 5. The van der Waals surface area contributed by atoms with E-state index in [-0.39, 0.29) is 28.9 Å². The van der Waals surface area contributed by atoms with Gasteiger partial charge in [0.2, 0.25) is 5.65 Å². The zero-order valence-electron chi connectivity index (χ0n) is 22.1. The normalized spacial score (nSPS) is 14.9. The van der Waals surface area contributed by atoms with Crippen LogP contribution in [0, 0.1) is 5.82 Å². The predicted octanol–water partition coefficient (Wildman–Crippen LogP) is 6.03. The van der Waals surface area contributed by atoms with E-state index in [9.17, 15) is 22.4 Å². The van der Waals surface area contributed by atoms with Crippen molar-refractivity contribution >= 4 is 28.6 Å². The van der Waals surface area contributed by atoms with E-state index in [1.54, 1.807) is 17.8 Å². The van der Waals surface area contributed by atoms with Gasteiger partial charge in [-0.2, -0.15) is 18.3 Å². The van der Waals surface area contributed by atoms with Gasteiger partial charge in [0, 0.05) is 29.9 Å². The van der Waals surface area contributed by atoms with Crippen LogP contribution in [0.15, 0.2) is 48.8 Å². The largest absolute Gasteiger partial charge is 0.416 e. The van der Waals surface area contributed by atoms with Crippen LogP contribution >= 0.6 is 0 Å². The van der Waals surface area contributed by atoms with Gasteiger partial charge in [0.15, 0.2) is 0 Å². The average molecular weight is 556 g/mol. The average Bonchev–Trinajstić information content (AvgIpc) is 3.58. The zero-order chi connectivity index (χ0) is 28.4. The Bertz CT molecular complexity index is 1530. The second kappa shape index (κ2) is 11.2. The fourth-order valence-corrected chi connectivity index (χ4v) is 4.83. The van der Waals surface area contributed by atoms with Gasteiger partial charge in [-0.1, -0.05) is 6.07 Å². The summed E-state index contributed by atoms with van der Waals surface area (Å²) >= 11 is 0. The van der Waals surface area contributed by atoms with E-state index in [4.69, 9.17) is 0 Å². The summed E-state index contributed by atoms with van der Waals surface area (Å²) in [5.74, 6) is -0.851. The van der Waals surface area contributed by atoms with Crippen LogP contribution in [0.3, 0.4) is 0 Å². The van der Waals surface area contributed by atoms with Crippen LogP contribution in [-0.4, -0.2) is 43.6 Å². The Hall–Kier alpha value is -4.06. The Kier molecular flexibility index (Phi) is 7.70. The van der Waals surface area contributed by atoms with E-state index in [0.717, 1.165) is 32.0 Å². The third kappa shape index (κ3) is 6.06. The molecule has 1 atom stereocenters. The number of carbonyl (C=O) groups is 1. The van der Waals surface area contributed by atoms with Gasteiger partial charge in [-0.25, -0.2) is 14.4 Å². The molecule has 40 heavy (non-hydrogen) atoms. The summed E-state index contributed by atoms with van der Waals surface area (Å²) in [6.07, 6.45) is 0.622. The summed E-state index contributed by atoms with van der Waals surface area (Å²) in [4.78, 5) is 23.7. The summed E-state index contributed by atoms with van der Waals surface area (Å²) in [5.41, 5.74) is 0.733. The molecule has 1 aliphatic rings. The molecule has 2 aromatic carbocycles. The summed E-state index contributed by atoms with van der Waals surface area (Å²) in [5, 5.41) is 10.0. The molecule has 1 aliphatic heterocycles. The maximum absolute atomic E-state index is 14.7. The first-order valence-electron chi connectivity index (χ1n) is 13.1. The lowest BCUT2D eigenvalue weighted by molar-refractivity contribution is -0.138. The number of benzene rings is 2. The van der Waals surface area contributed by atoms with Crippen molar-refractivity contribution in [2.75, 3.05) is 23.7 Å². The fraction of sp³-hybridized carbons (Fsp3) is 0.357. The van der Waals surface area contributed by atoms with Gasteiger partial charge < -0.3 is 10.6 Å². The highest BCUT2D eigenvalue weighted by Crippen LogP contribution is 2.34. The molecular formula is C28H29F4N7O. The number of likely N-dealkylation sites (tertiary alicyclic amines) is 1. The molecular weight excluding hydrogens is 526 g/mol. The number of aryl methyl sites for hydroxylation is 1. The molecule has 8 nitrogen and oxygen atoms in total. The van der Waals surface area contributed by atoms with Gasteiger partial charge in [-0.15, -0.1) is 0 Å². The number of amides is 1. The monoisotopic (exact) mass is 555 g/mol. The van der Waals surface area contributed by atoms with Crippen molar-refractivity contribution in [3.8, 4) is 0 Å². The lowest BCUT2D eigenvalue weighted by atomic mass is 10.0. The molecule has 0 saturated carbocycles. The molecule has 2 aromatic heterocycles. The summed E-state index contributed by atoms with van der Waals surface area (Å²) in [6, 6.07) is 7.05. The highest BCUT2D eigenvalue weighted by atomic mass is 19.4. The minimum absolute atomic E-state index is 0.135. The Labute approximate surface area is 228 Å². The lowest BCUT2D eigenvalue weighted by Crippen LogP contribution is -2.22. The van der Waals surface area contributed by atoms with Crippen LogP contribution in [0.1, 0.15) is 59.8 Å². The second-order valence-corrected chi connectivity index (χ2v) is 9.86. The Balaban J connectivity index is 1.32. The topological polar surface area (TPSA) is 88.0 Å². The highest BCUT2D eigenvalue weighted by Gasteiger charge is 2.34. The van der Waals surface area contributed by atoms with Gasteiger partial charge in [0.1, 0.15) is 17.2 Å². The molecule has 12 heteroatoms. The van der Waals surface area contributed by atoms with E-state index in [1.807, 2.05) is 11.8 Å². The van der Waals surface area contributed by atoms with Crippen molar-refractivity contribution in [3.63, 3.8) is 0 Å². The van der Waals surface area contributed by atoms with E-state index in [2.05, 4.69) is 25.7 Å². The molecule has 1 amide bonds. The highest BCUT2D eigenvalue weighted by molar-refractivity contribution is 6.04. The number of carbonyl (C=O) groups excluding carboxylic acids is 1. The van der Waals surface area contributed by atoms with Gasteiger partial charge in [0.05, 0.1) is 24.0 Å². The van der Waals surface area contributed by atoms with Crippen LogP contribution < -0.4 is 10.6 Å². The number of anilines is 2. The minimum atomic E-state index is -4.60. The molecule has 0 unspecified atom stereocenters. The van der Waals surface area contributed by atoms with E-state index < -0.39 is 29.5 Å². The quantitative estimate of drug-likeness (QED) is 0.259. The van der Waals surface area contributed by atoms with E-state index in [0.29, 0.717) is 23.5 Å². The number of nitrogens with one attached hydrogen (secondary N) is 2. The Morgan fingerprint density at radius 2 is 1.90 bits per heavy atom. The molecule has 5 rings (SSSR count). The van der Waals surface area contributed by atoms with Crippen molar-refractivity contribution in [1.82, 2.24) is 24.6 Å². The molecule has 1 fully saturated rings. The smallest absolute Gasteiger partial charge is 0.362 e. The number of hydrogen-bond donors (Lipinski definition) is 2. The number of fused-ring (bicyclic) bond motifs is 1. The number of rotatable bonds is 8. The van der Waals surface area contributed by atoms with Crippen molar-refractivity contribution in [3.05, 3.63) is 76.9 Å². The first kappa shape index (κ1) is 27.5. The standard InChI is InChI=1S/C28H29F4N7O/c1-3-39-16-24-26(37-39)36-25(14-33-24)34-17(2)21-13-20(8-9-23(21)29)35-27(40)18-6-7-19(15-38-10-4-5-11-38)22(12-18)28(30,31)32/h6-9,12-14,16-17H,3-5,10-11,15H2,1-2H3,(H,35,40)(H,34,36,37)/t17-/m0/s1. The van der Waals surface area contributed by atoms with Crippen LogP contribution in [-0.2, 0) is 19.3 Å². The van der Waals surface area contributed by atoms with Crippen LogP contribution in [0.5, 0.6) is 0 Å². The molecule has 1 saturated heterocycles. The maximum Gasteiger partial charge on any atom is 0.416 e. The van der Waals surface area contributed by atoms with Gasteiger partial charge >= 0.3 is 6.18 Å². The van der Waals surface area contributed by atoms with E-state index in [1.165, 1.54) is 36.5 Å². The summed E-state index contributed by atoms with van der Waals surface area (Å²) in [7, 11) is 0. The third-order valence-corrected chi connectivity index (χ3v) is 6.95. The first-order chi connectivity index (χ1) is 19.1. The lowest BCUT2D eigenvalue weighted by Gasteiger charge is -2.20. The van der Waals surface area contributed by atoms with Crippen molar-refractivity contribution in [2.24, 2.45) is 0 Å². The molecule has 0 bridgehead atoms. The number of aromatic nitrogens is 4. The molecule has 4 aromatic rings. The van der Waals surface area contributed by atoms with Crippen molar-refractivity contribution in [2.45, 2.75) is 52.0 Å². The first-order valence-corrected chi connectivity index (χ1v) is 13.1. The molecule has 0 spiro atoms. The molecule has 0 aliphatic carbocycles. The minimum Gasteiger partial charge on any atom is -0.362 e. The molecule has 3 heterocycles. The molecule has 0 radical (unpaired) electrons. The number of halogens is 4. The Morgan fingerprint density at radius 3 is 2.62 bits per heavy atom. The SMILES string of the molecule is CCn1cc2ncc(N[C@@H](C)c3cc(NC(=O)c4ccc(CN5CCCC5)c(C(F)(F)F)c4)ccc3F)nc2n1. The van der Waals surface area contributed by atoms with Crippen LogP contribution in [0.2, 0.25) is 0 Å². The maximum atomic E-state index is 14.7. The van der Waals surface area contributed by atoms with Crippen molar-refractivity contribution in [1.29, 1.82) is 0 Å². The van der Waals surface area contributed by atoms with Gasteiger partial charge in [-0.3, -0.25) is 14.4 Å². The molecule has 210 valence electrons. The van der Waals surface area contributed by atoms with E-state index >= 15 is 0 Å².